The number of halogens is 3. The summed E-state index contributed by atoms with van der Waals surface area (Å²) in [6.07, 6.45) is -2.44. The molecule has 0 heterocycles. The topological polar surface area (TPSA) is 49.3 Å². The summed E-state index contributed by atoms with van der Waals surface area (Å²) in [5.41, 5.74) is 0.546. The predicted octanol–water partition coefficient (Wildman–Crippen LogP) is 2.82. The first-order chi connectivity index (χ1) is 7.00. The van der Waals surface area contributed by atoms with E-state index in [0.29, 0.717) is 10.2 Å². The molecule has 0 amide bonds. The van der Waals surface area contributed by atoms with E-state index < -0.39 is 18.9 Å². The van der Waals surface area contributed by atoms with E-state index in [4.69, 9.17) is 5.11 Å². The van der Waals surface area contributed by atoms with E-state index in [1.54, 1.807) is 0 Å². The third-order valence-electron chi connectivity index (χ3n) is 1.66. The van der Waals surface area contributed by atoms with Crippen LogP contribution in [0.3, 0.4) is 0 Å². The van der Waals surface area contributed by atoms with Crippen LogP contribution in [0.5, 0.6) is 0 Å². The Labute approximate surface area is 93.2 Å². The summed E-state index contributed by atoms with van der Waals surface area (Å²) in [6.45, 7) is -0.459. The molecule has 15 heavy (non-hydrogen) atoms. The summed E-state index contributed by atoms with van der Waals surface area (Å²) < 4.78 is 24.1. The summed E-state index contributed by atoms with van der Waals surface area (Å²) in [5.74, 6) is -1.07. The van der Waals surface area contributed by atoms with Gasteiger partial charge >= 0.3 is 5.97 Å². The van der Waals surface area contributed by atoms with Crippen molar-refractivity contribution in [2.45, 2.75) is 6.43 Å². The molecular formula is C9H8BrF2NO2. The molecule has 0 radical (unpaired) electrons. The van der Waals surface area contributed by atoms with Crippen LogP contribution in [0.1, 0.15) is 10.4 Å². The second-order valence-corrected chi connectivity index (χ2v) is 3.63. The number of anilines is 1. The lowest BCUT2D eigenvalue weighted by Gasteiger charge is -2.07. The Morgan fingerprint density at radius 1 is 1.53 bits per heavy atom. The number of alkyl halides is 2. The molecule has 0 aliphatic rings. The van der Waals surface area contributed by atoms with Crippen molar-refractivity contribution in [3.05, 3.63) is 28.2 Å². The van der Waals surface area contributed by atoms with Gasteiger partial charge in [0.25, 0.3) is 6.43 Å². The molecule has 1 aromatic carbocycles. The maximum atomic E-state index is 11.9. The number of carbonyl (C=O) groups is 1. The molecular weight excluding hydrogens is 272 g/mol. The highest BCUT2D eigenvalue weighted by atomic mass is 79.9. The fourth-order valence-electron chi connectivity index (χ4n) is 0.994. The second-order valence-electron chi connectivity index (χ2n) is 2.77. The average molecular weight is 280 g/mol. The number of carboxylic acids is 1. The van der Waals surface area contributed by atoms with Gasteiger partial charge in [-0.1, -0.05) is 0 Å². The molecule has 2 N–H and O–H groups in total. The monoisotopic (exact) mass is 279 g/mol. The Morgan fingerprint density at radius 3 is 2.67 bits per heavy atom. The van der Waals surface area contributed by atoms with Crippen molar-refractivity contribution in [2.75, 3.05) is 11.9 Å². The number of rotatable bonds is 4. The van der Waals surface area contributed by atoms with Crippen LogP contribution < -0.4 is 5.32 Å². The van der Waals surface area contributed by atoms with Crippen molar-refractivity contribution >= 4 is 27.6 Å². The van der Waals surface area contributed by atoms with Crippen LogP contribution >= 0.6 is 15.9 Å². The van der Waals surface area contributed by atoms with Crippen LogP contribution in [-0.4, -0.2) is 24.0 Å². The highest BCUT2D eigenvalue weighted by molar-refractivity contribution is 9.10. The van der Waals surface area contributed by atoms with E-state index in [-0.39, 0.29) is 5.56 Å². The van der Waals surface area contributed by atoms with E-state index in [1.165, 1.54) is 18.2 Å². The zero-order valence-corrected chi connectivity index (χ0v) is 9.09. The van der Waals surface area contributed by atoms with Crippen molar-refractivity contribution in [1.82, 2.24) is 0 Å². The number of hydrogen-bond donors (Lipinski definition) is 2. The lowest BCUT2D eigenvalue weighted by molar-refractivity contribution is 0.0696. The zero-order chi connectivity index (χ0) is 11.4. The highest BCUT2D eigenvalue weighted by Crippen LogP contribution is 2.21. The Kier molecular flexibility index (Phi) is 4.02. The molecule has 0 aliphatic carbocycles. The first-order valence-corrected chi connectivity index (χ1v) is 4.85. The first-order valence-electron chi connectivity index (χ1n) is 4.05. The molecule has 82 valence electrons. The molecule has 6 heteroatoms. The number of nitrogens with one attached hydrogen (secondary N) is 1. The van der Waals surface area contributed by atoms with Gasteiger partial charge in [0, 0.05) is 10.2 Å². The van der Waals surface area contributed by atoms with Gasteiger partial charge in [-0.3, -0.25) is 0 Å². The minimum absolute atomic E-state index is 0.0950. The molecule has 0 saturated heterocycles. The number of benzene rings is 1. The second kappa shape index (κ2) is 5.06. The van der Waals surface area contributed by atoms with Crippen molar-refractivity contribution in [3.63, 3.8) is 0 Å². The van der Waals surface area contributed by atoms with Crippen LogP contribution in [-0.2, 0) is 0 Å². The van der Waals surface area contributed by atoms with Gasteiger partial charge < -0.3 is 10.4 Å². The van der Waals surface area contributed by atoms with Gasteiger partial charge in [0.05, 0.1) is 12.1 Å². The molecule has 0 bridgehead atoms. The standard InChI is InChI=1S/C9H8BrF2NO2/c10-7-3-5(13-4-8(11)12)1-2-6(7)9(14)15/h1-3,8,13H,4H2,(H,14,15). The van der Waals surface area contributed by atoms with Gasteiger partial charge in [-0.25, -0.2) is 13.6 Å². The van der Waals surface area contributed by atoms with Gasteiger partial charge in [-0.05, 0) is 34.1 Å². The van der Waals surface area contributed by atoms with Crippen molar-refractivity contribution < 1.29 is 18.7 Å². The Hall–Kier alpha value is -1.17. The fraction of sp³-hybridized carbons (Fsp3) is 0.222. The SMILES string of the molecule is O=C(O)c1ccc(NCC(F)F)cc1Br. The third-order valence-corrected chi connectivity index (χ3v) is 2.32. The molecule has 0 aromatic heterocycles. The Balaban J connectivity index is 2.78. The summed E-state index contributed by atoms with van der Waals surface area (Å²) in [7, 11) is 0. The summed E-state index contributed by atoms with van der Waals surface area (Å²) in [4.78, 5) is 10.6. The molecule has 0 unspecified atom stereocenters. The zero-order valence-electron chi connectivity index (χ0n) is 7.51. The lowest BCUT2D eigenvalue weighted by Crippen LogP contribution is -2.10. The van der Waals surface area contributed by atoms with E-state index in [9.17, 15) is 13.6 Å². The maximum Gasteiger partial charge on any atom is 0.336 e. The van der Waals surface area contributed by atoms with Gasteiger partial charge in [-0.2, -0.15) is 0 Å². The van der Waals surface area contributed by atoms with Crippen molar-refractivity contribution in [2.24, 2.45) is 0 Å². The minimum atomic E-state index is -2.44. The molecule has 1 aromatic rings. The fourth-order valence-corrected chi connectivity index (χ4v) is 1.54. The van der Waals surface area contributed by atoms with Gasteiger partial charge in [0.1, 0.15) is 0 Å². The largest absolute Gasteiger partial charge is 0.478 e. The summed E-state index contributed by atoms with van der Waals surface area (Å²) >= 11 is 3.05. The molecule has 0 fully saturated rings. The van der Waals surface area contributed by atoms with E-state index in [0.717, 1.165) is 0 Å². The van der Waals surface area contributed by atoms with Gasteiger partial charge in [-0.15, -0.1) is 0 Å². The highest BCUT2D eigenvalue weighted by Gasteiger charge is 2.09. The summed E-state index contributed by atoms with van der Waals surface area (Å²) in [6, 6.07) is 4.24. The van der Waals surface area contributed by atoms with Crippen LogP contribution in [0.4, 0.5) is 14.5 Å². The number of hydrogen-bond acceptors (Lipinski definition) is 2. The maximum absolute atomic E-state index is 11.9. The first kappa shape index (κ1) is 11.9. The van der Waals surface area contributed by atoms with Crippen molar-refractivity contribution in [3.8, 4) is 0 Å². The Morgan fingerprint density at radius 2 is 2.20 bits per heavy atom. The normalized spacial score (nSPS) is 10.4. The predicted molar refractivity (Wildman–Crippen MR) is 55.6 cm³/mol. The van der Waals surface area contributed by atoms with E-state index in [2.05, 4.69) is 21.2 Å². The molecule has 0 spiro atoms. The van der Waals surface area contributed by atoms with Gasteiger partial charge in [0.15, 0.2) is 0 Å². The van der Waals surface area contributed by atoms with Crippen LogP contribution in [0.25, 0.3) is 0 Å². The number of carboxylic acid groups (broad SMARTS) is 1. The molecule has 0 atom stereocenters. The lowest BCUT2D eigenvalue weighted by atomic mass is 10.2. The van der Waals surface area contributed by atoms with E-state index >= 15 is 0 Å². The van der Waals surface area contributed by atoms with Crippen molar-refractivity contribution in [1.29, 1.82) is 0 Å². The van der Waals surface area contributed by atoms with Gasteiger partial charge in [0.2, 0.25) is 0 Å². The molecule has 1 rings (SSSR count). The van der Waals surface area contributed by atoms with E-state index in [1.807, 2.05) is 0 Å². The molecule has 3 nitrogen and oxygen atoms in total. The smallest absolute Gasteiger partial charge is 0.336 e. The average Bonchev–Trinajstić information content (AvgIpc) is 2.14. The third kappa shape index (κ3) is 3.47. The quantitative estimate of drug-likeness (QED) is 0.891. The Bertz CT molecular complexity index is 371. The van der Waals surface area contributed by atoms with Crippen LogP contribution in [0.2, 0.25) is 0 Å². The minimum Gasteiger partial charge on any atom is -0.478 e. The number of aromatic carboxylic acids is 1. The van der Waals surface area contributed by atoms with Crippen LogP contribution in [0, 0.1) is 0 Å². The summed E-state index contributed by atoms with van der Waals surface area (Å²) in [5, 5.41) is 11.2. The molecule has 0 saturated carbocycles. The molecule has 0 aliphatic heterocycles. The van der Waals surface area contributed by atoms with Crippen LogP contribution in [0.15, 0.2) is 22.7 Å².